The van der Waals surface area contributed by atoms with E-state index in [9.17, 15) is 4.79 Å². The third kappa shape index (κ3) is 3.29. The number of hydrogen-bond acceptors (Lipinski definition) is 4. The molecule has 26 heavy (non-hydrogen) atoms. The number of nitrogens with zero attached hydrogens (tertiary/aromatic N) is 3. The normalized spacial score (nSPS) is 14.6. The molecular formula is C21H24N4O. The van der Waals surface area contributed by atoms with Crippen LogP contribution >= 0.6 is 0 Å². The average molecular weight is 348 g/mol. The Bertz CT molecular complexity index is 973. The van der Waals surface area contributed by atoms with Gasteiger partial charge in [0.15, 0.2) is 0 Å². The van der Waals surface area contributed by atoms with E-state index in [2.05, 4.69) is 33.4 Å². The molecule has 5 heteroatoms. The van der Waals surface area contributed by atoms with Gasteiger partial charge in [0.05, 0.1) is 23.6 Å². The summed E-state index contributed by atoms with van der Waals surface area (Å²) in [5.41, 5.74) is 4.78. The molecule has 0 atom stereocenters. The van der Waals surface area contributed by atoms with Crippen molar-refractivity contribution in [3.63, 3.8) is 0 Å². The molecule has 0 saturated carbocycles. The molecule has 1 aromatic carbocycles. The number of rotatable bonds is 4. The Hall–Kier alpha value is -2.82. The standard InChI is InChI=1S/C21H24N4O/c1-16-8-7-13-25-20(26)14-17(23-21(16)25)15-22-18-9-3-4-10-19(18)24-11-5-2-6-12-24/h3-4,7-10,13-14,22H,2,5-6,11-12,15H2,1H3. The molecule has 5 nitrogen and oxygen atoms in total. The van der Waals surface area contributed by atoms with Gasteiger partial charge in [-0.15, -0.1) is 0 Å². The van der Waals surface area contributed by atoms with Crippen LogP contribution < -0.4 is 15.8 Å². The minimum absolute atomic E-state index is 0.0418. The third-order valence-electron chi connectivity index (χ3n) is 5.00. The molecule has 0 bridgehead atoms. The van der Waals surface area contributed by atoms with E-state index in [1.165, 1.54) is 24.9 Å². The summed E-state index contributed by atoms with van der Waals surface area (Å²) >= 11 is 0. The van der Waals surface area contributed by atoms with Crippen LogP contribution in [-0.4, -0.2) is 22.5 Å². The maximum Gasteiger partial charge on any atom is 0.258 e. The molecule has 0 unspecified atom stereocenters. The number of piperidine rings is 1. The second-order valence-corrected chi connectivity index (χ2v) is 6.89. The topological polar surface area (TPSA) is 49.6 Å². The van der Waals surface area contributed by atoms with Crippen LogP contribution in [0.4, 0.5) is 11.4 Å². The summed E-state index contributed by atoms with van der Waals surface area (Å²) in [4.78, 5) is 19.5. The maximum atomic E-state index is 12.4. The van der Waals surface area contributed by atoms with Crippen molar-refractivity contribution in [2.24, 2.45) is 0 Å². The van der Waals surface area contributed by atoms with E-state index in [-0.39, 0.29) is 5.56 Å². The molecule has 134 valence electrons. The molecule has 1 saturated heterocycles. The second-order valence-electron chi connectivity index (χ2n) is 6.89. The van der Waals surface area contributed by atoms with E-state index in [4.69, 9.17) is 0 Å². The van der Waals surface area contributed by atoms with Gasteiger partial charge in [0, 0.05) is 25.4 Å². The molecule has 0 amide bonds. The Labute approximate surface area is 153 Å². The first kappa shape index (κ1) is 16.6. The van der Waals surface area contributed by atoms with Crippen molar-refractivity contribution in [1.82, 2.24) is 9.38 Å². The van der Waals surface area contributed by atoms with E-state index in [0.29, 0.717) is 6.54 Å². The van der Waals surface area contributed by atoms with Crippen molar-refractivity contribution in [2.45, 2.75) is 32.7 Å². The lowest BCUT2D eigenvalue weighted by Gasteiger charge is -2.30. The number of para-hydroxylation sites is 2. The zero-order valence-electron chi connectivity index (χ0n) is 15.1. The van der Waals surface area contributed by atoms with Crippen molar-refractivity contribution in [2.75, 3.05) is 23.3 Å². The quantitative estimate of drug-likeness (QED) is 0.783. The Morgan fingerprint density at radius 3 is 2.73 bits per heavy atom. The van der Waals surface area contributed by atoms with E-state index < -0.39 is 0 Å². The van der Waals surface area contributed by atoms with Crippen LogP contribution in [0.1, 0.15) is 30.5 Å². The van der Waals surface area contributed by atoms with Crippen LogP contribution in [0.5, 0.6) is 0 Å². The molecule has 0 radical (unpaired) electrons. The summed E-state index contributed by atoms with van der Waals surface area (Å²) in [5, 5.41) is 3.49. The summed E-state index contributed by atoms with van der Waals surface area (Å²) in [7, 11) is 0. The van der Waals surface area contributed by atoms with Gasteiger partial charge in [0.25, 0.3) is 5.56 Å². The average Bonchev–Trinajstić information content (AvgIpc) is 2.68. The van der Waals surface area contributed by atoms with Gasteiger partial charge in [-0.25, -0.2) is 4.98 Å². The van der Waals surface area contributed by atoms with Gasteiger partial charge in [-0.3, -0.25) is 9.20 Å². The van der Waals surface area contributed by atoms with Gasteiger partial charge < -0.3 is 10.2 Å². The van der Waals surface area contributed by atoms with E-state index in [0.717, 1.165) is 35.7 Å². The van der Waals surface area contributed by atoms with E-state index >= 15 is 0 Å². The van der Waals surface area contributed by atoms with Crippen molar-refractivity contribution < 1.29 is 0 Å². The molecule has 1 aliphatic heterocycles. The van der Waals surface area contributed by atoms with Gasteiger partial charge in [-0.2, -0.15) is 0 Å². The van der Waals surface area contributed by atoms with Crippen LogP contribution in [0.3, 0.4) is 0 Å². The predicted octanol–water partition coefficient (Wildman–Crippen LogP) is 3.61. The first-order valence-corrected chi connectivity index (χ1v) is 9.28. The highest BCUT2D eigenvalue weighted by Gasteiger charge is 2.14. The van der Waals surface area contributed by atoms with Gasteiger partial charge in [-0.05, 0) is 49.9 Å². The van der Waals surface area contributed by atoms with Crippen LogP contribution in [0.2, 0.25) is 0 Å². The second kappa shape index (κ2) is 7.20. The zero-order valence-corrected chi connectivity index (χ0v) is 15.1. The number of nitrogens with one attached hydrogen (secondary N) is 1. The minimum atomic E-state index is -0.0418. The Balaban J connectivity index is 1.59. The summed E-state index contributed by atoms with van der Waals surface area (Å²) in [6, 6.07) is 13.9. The fraction of sp³-hybridized carbons (Fsp3) is 0.333. The van der Waals surface area contributed by atoms with Crippen molar-refractivity contribution >= 4 is 17.0 Å². The fourth-order valence-electron chi connectivity index (χ4n) is 3.62. The number of fused-ring (bicyclic) bond motifs is 1. The van der Waals surface area contributed by atoms with Gasteiger partial charge in [-0.1, -0.05) is 18.2 Å². The van der Waals surface area contributed by atoms with Crippen LogP contribution in [0.15, 0.2) is 53.5 Å². The molecule has 1 aliphatic rings. The van der Waals surface area contributed by atoms with Crippen LogP contribution in [0.25, 0.3) is 5.65 Å². The number of anilines is 2. The Morgan fingerprint density at radius 1 is 1.08 bits per heavy atom. The van der Waals surface area contributed by atoms with Crippen molar-refractivity contribution in [3.8, 4) is 0 Å². The fourth-order valence-corrected chi connectivity index (χ4v) is 3.62. The van der Waals surface area contributed by atoms with E-state index in [1.807, 2.05) is 25.1 Å². The molecule has 4 rings (SSSR count). The van der Waals surface area contributed by atoms with Crippen molar-refractivity contribution in [1.29, 1.82) is 0 Å². The van der Waals surface area contributed by atoms with Crippen LogP contribution in [0, 0.1) is 6.92 Å². The maximum absolute atomic E-state index is 12.4. The lowest BCUT2D eigenvalue weighted by atomic mass is 10.1. The first-order valence-electron chi connectivity index (χ1n) is 9.28. The molecular weight excluding hydrogens is 324 g/mol. The van der Waals surface area contributed by atoms with Gasteiger partial charge in [0.1, 0.15) is 5.65 Å². The zero-order chi connectivity index (χ0) is 17.9. The highest BCUT2D eigenvalue weighted by atomic mass is 16.1. The lowest BCUT2D eigenvalue weighted by Crippen LogP contribution is -2.30. The molecule has 2 aromatic heterocycles. The van der Waals surface area contributed by atoms with Crippen LogP contribution in [-0.2, 0) is 6.54 Å². The summed E-state index contributed by atoms with van der Waals surface area (Å²) in [5.74, 6) is 0. The van der Waals surface area contributed by atoms with Gasteiger partial charge >= 0.3 is 0 Å². The number of aromatic nitrogens is 2. The highest BCUT2D eigenvalue weighted by Crippen LogP contribution is 2.28. The SMILES string of the molecule is Cc1cccn2c(=O)cc(CNc3ccccc3N3CCCCC3)nc12. The molecule has 0 spiro atoms. The smallest absolute Gasteiger partial charge is 0.258 e. The number of benzene rings is 1. The predicted molar refractivity (Wildman–Crippen MR) is 106 cm³/mol. The molecule has 1 N–H and O–H groups in total. The molecule has 3 heterocycles. The minimum Gasteiger partial charge on any atom is -0.378 e. The third-order valence-corrected chi connectivity index (χ3v) is 5.00. The molecule has 3 aromatic rings. The largest absolute Gasteiger partial charge is 0.378 e. The van der Waals surface area contributed by atoms with Crippen molar-refractivity contribution in [3.05, 3.63) is 70.3 Å². The highest BCUT2D eigenvalue weighted by molar-refractivity contribution is 5.70. The summed E-state index contributed by atoms with van der Waals surface area (Å²) in [6.07, 6.45) is 5.57. The van der Waals surface area contributed by atoms with E-state index in [1.54, 1.807) is 16.7 Å². The summed E-state index contributed by atoms with van der Waals surface area (Å²) in [6.45, 7) is 4.72. The molecule has 1 fully saturated rings. The Morgan fingerprint density at radius 2 is 1.88 bits per heavy atom. The summed E-state index contributed by atoms with van der Waals surface area (Å²) < 4.78 is 1.60. The van der Waals surface area contributed by atoms with Gasteiger partial charge in [0.2, 0.25) is 0 Å². The number of aryl methyl sites for hydroxylation is 1. The lowest BCUT2D eigenvalue weighted by molar-refractivity contribution is 0.578. The monoisotopic (exact) mass is 348 g/mol. The number of pyridine rings is 1. The first-order chi connectivity index (χ1) is 12.7. The molecule has 0 aliphatic carbocycles. The Kier molecular flexibility index (Phi) is 4.61. The number of hydrogen-bond donors (Lipinski definition) is 1.